The average molecular weight is 322 g/mol. The van der Waals surface area contributed by atoms with Crippen molar-refractivity contribution in [3.63, 3.8) is 0 Å². The molecule has 0 bridgehead atoms. The van der Waals surface area contributed by atoms with Crippen molar-refractivity contribution in [1.29, 1.82) is 0 Å². The van der Waals surface area contributed by atoms with Gasteiger partial charge in [-0.2, -0.15) is 0 Å². The van der Waals surface area contributed by atoms with Gasteiger partial charge in [-0.05, 0) is 25.1 Å². The predicted molar refractivity (Wildman–Crippen MR) is 79.1 cm³/mol. The second kappa shape index (κ2) is 7.64. The lowest BCUT2D eigenvalue weighted by Crippen LogP contribution is -2.29. The fourth-order valence-corrected chi connectivity index (χ4v) is 1.97. The number of hydrogen-bond acceptors (Lipinski definition) is 4. The number of aliphatic hydroxyl groups excluding tert-OH is 1. The number of aromatic nitrogens is 1. The Morgan fingerprint density at radius 2 is 2.00 bits per heavy atom. The standard InChI is InChI=1S/C16H16F2N2O3/c1-2-23-14-7-6-10(8-19-14)16(22)20-9-13(21)15-11(17)4-3-5-12(15)18/h3-8,13,21H,2,9H2,1H3,(H,20,22). The first-order valence-corrected chi connectivity index (χ1v) is 7.02. The van der Waals surface area contributed by atoms with E-state index in [9.17, 15) is 18.7 Å². The summed E-state index contributed by atoms with van der Waals surface area (Å²) in [5.41, 5.74) is -0.229. The maximum atomic E-state index is 13.5. The van der Waals surface area contributed by atoms with Crippen LogP contribution in [0, 0.1) is 11.6 Å². The fraction of sp³-hybridized carbons (Fsp3) is 0.250. The van der Waals surface area contributed by atoms with Gasteiger partial charge in [-0.25, -0.2) is 13.8 Å². The van der Waals surface area contributed by atoms with Crippen molar-refractivity contribution < 1.29 is 23.4 Å². The molecule has 0 aliphatic carbocycles. The minimum Gasteiger partial charge on any atom is -0.478 e. The lowest BCUT2D eigenvalue weighted by molar-refractivity contribution is 0.0911. The quantitative estimate of drug-likeness (QED) is 0.855. The zero-order valence-electron chi connectivity index (χ0n) is 12.4. The zero-order chi connectivity index (χ0) is 16.8. The van der Waals surface area contributed by atoms with Gasteiger partial charge in [0.1, 0.15) is 17.7 Å². The molecule has 0 radical (unpaired) electrons. The van der Waals surface area contributed by atoms with E-state index in [2.05, 4.69) is 10.3 Å². The van der Waals surface area contributed by atoms with Gasteiger partial charge in [0, 0.05) is 18.8 Å². The number of nitrogens with zero attached hydrogens (tertiary/aromatic N) is 1. The third-order valence-electron chi connectivity index (χ3n) is 3.08. The van der Waals surface area contributed by atoms with E-state index >= 15 is 0 Å². The largest absolute Gasteiger partial charge is 0.478 e. The maximum Gasteiger partial charge on any atom is 0.252 e. The summed E-state index contributed by atoms with van der Waals surface area (Å²) in [6.45, 7) is 1.94. The van der Waals surface area contributed by atoms with Crippen LogP contribution in [-0.2, 0) is 0 Å². The summed E-state index contributed by atoms with van der Waals surface area (Å²) in [7, 11) is 0. The number of halogens is 2. The number of aliphatic hydroxyl groups is 1. The second-order valence-electron chi connectivity index (χ2n) is 4.68. The molecule has 0 saturated heterocycles. The number of amides is 1. The number of rotatable bonds is 6. The monoisotopic (exact) mass is 322 g/mol. The van der Waals surface area contributed by atoms with E-state index in [4.69, 9.17) is 4.74 Å². The first-order valence-electron chi connectivity index (χ1n) is 7.02. The van der Waals surface area contributed by atoms with Crippen LogP contribution in [0.5, 0.6) is 5.88 Å². The lowest BCUT2D eigenvalue weighted by Gasteiger charge is -2.14. The van der Waals surface area contributed by atoms with Gasteiger partial charge >= 0.3 is 0 Å². The SMILES string of the molecule is CCOc1ccc(C(=O)NCC(O)c2c(F)cccc2F)cn1. The molecule has 0 saturated carbocycles. The van der Waals surface area contributed by atoms with Gasteiger partial charge in [-0.15, -0.1) is 0 Å². The molecule has 1 atom stereocenters. The third-order valence-corrected chi connectivity index (χ3v) is 3.08. The Morgan fingerprint density at radius 3 is 2.57 bits per heavy atom. The van der Waals surface area contributed by atoms with Crippen LogP contribution < -0.4 is 10.1 Å². The van der Waals surface area contributed by atoms with E-state index in [1.54, 1.807) is 0 Å². The van der Waals surface area contributed by atoms with Crippen LogP contribution in [0.4, 0.5) is 8.78 Å². The van der Waals surface area contributed by atoms with Crippen molar-refractivity contribution in [2.75, 3.05) is 13.2 Å². The normalized spacial score (nSPS) is 11.8. The minimum absolute atomic E-state index is 0.245. The van der Waals surface area contributed by atoms with E-state index in [1.165, 1.54) is 24.4 Å². The average Bonchev–Trinajstić information content (AvgIpc) is 2.53. The molecule has 1 unspecified atom stereocenters. The summed E-state index contributed by atoms with van der Waals surface area (Å²) in [6.07, 6.45) is -0.174. The van der Waals surface area contributed by atoms with Crippen LogP contribution in [0.1, 0.15) is 28.9 Å². The summed E-state index contributed by atoms with van der Waals surface area (Å²) in [5, 5.41) is 12.3. The highest BCUT2D eigenvalue weighted by Crippen LogP contribution is 2.20. The molecule has 0 spiro atoms. The van der Waals surface area contributed by atoms with E-state index in [-0.39, 0.29) is 12.1 Å². The maximum absolute atomic E-state index is 13.5. The predicted octanol–water partition coefficient (Wildman–Crippen LogP) is 2.22. The number of ether oxygens (including phenoxy) is 1. The molecule has 1 heterocycles. The summed E-state index contributed by atoms with van der Waals surface area (Å²) in [4.78, 5) is 15.9. The number of nitrogens with one attached hydrogen (secondary N) is 1. The molecule has 122 valence electrons. The second-order valence-corrected chi connectivity index (χ2v) is 4.68. The molecule has 1 aromatic carbocycles. The van der Waals surface area contributed by atoms with Crippen molar-refractivity contribution in [2.24, 2.45) is 0 Å². The summed E-state index contributed by atoms with van der Waals surface area (Å²) < 4.78 is 32.2. The Bertz CT molecular complexity index is 657. The molecule has 2 rings (SSSR count). The van der Waals surface area contributed by atoms with Gasteiger partial charge < -0.3 is 15.2 Å². The molecule has 0 fully saturated rings. The number of hydrogen-bond donors (Lipinski definition) is 2. The number of pyridine rings is 1. The van der Waals surface area contributed by atoms with Crippen molar-refractivity contribution in [3.8, 4) is 5.88 Å². The van der Waals surface area contributed by atoms with Crippen LogP contribution in [0.2, 0.25) is 0 Å². The highest BCUT2D eigenvalue weighted by Gasteiger charge is 2.18. The third kappa shape index (κ3) is 4.23. The molecule has 0 aliphatic heterocycles. The molecule has 2 N–H and O–H groups in total. The first kappa shape index (κ1) is 16.8. The topological polar surface area (TPSA) is 71.5 Å². The van der Waals surface area contributed by atoms with Gasteiger partial charge in [0.15, 0.2) is 0 Å². The van der Waals surface area contributed by atoms with Crippen LogP contribution in [-0.4, -0.2) is 29.1 Å². The highest BCUT2D eigenvalue weighted by atomic mass is 19.1. The fourth-order valence-electron chi connectivity index (χ4n) is 1.97. The Morgan fingerprint density at radius 1 is 1.30 bits per heavy atom. The molecule has 1 aromatic heterocycles. The molecule has 5 nitrogen and oxygen atoms in total. The summed E-state index contributed by atoms with van der Waals surface area (Å²) in [6, 6.07) is 6.32. The Hall–Kier alpha value is -2.54. The molecule has 23 heavy (non-hydrogen) atoms. The molecule has 1 amide bonds. The van der Waals surface area contributed by atoms with Crippen LogP contribution >= 0.6 is 0 Å². The summed E-state index contributed by atoms with van der Waals surface area (Å²) >= 11 is 0. The Balaban J connectivity index is 1.98. The van der Waals surface area contributed by atoms with E-state index in [0.29, 0.717) is 12.5 Å². The van der Waals surface area contributed by atoms with Gasteiger partial charge in [-0.1, -0.05) is 6.07 Å². The highest BCUT2D eigenvalue weighted by molar-refractivity contribution is 5.93. The van der Waals surface area contributed by atoms with Gasteiger partial charge in [0.2, 0.25) is 5.88 Å². The van der Waals surface area contributed by atoms with Crippen LogP contribution in [0.3, 0.4) is 0 Å². The number of carbonyl (C=O) groups excluding carboxylic acids is 1. The van der Waals surface area contributed by atoms with E-state index < -0.39 is 29.2 Å². The van der Waals surface area contributed by atoms with E-state index in [0.717, 1.165) is 12.1 Å². The first-order chi connectivity index (χ1) is 11.0. The van der Waals surface area contributed by atoms with Crippen molar-refractivity contribution >= 4 is 5.91 Å². The van der Waals surface area contributed by atoms with Crippen molar-refractivity contribution in [1.82, 2.24) is 10.3 Å². The number of carbonyl (C=O) groups is 1. The molecule has 7 heteroatoms. The van der Waals surface area contributed by atoms with Gasteiger partial charge in [-0.3, -0.25) is 4.79 Å². The van der Waals surface area contributed by atoms with E-state index in [1.807, 2.05) is 6.92 Å². The van der Waals surface area contributed by atoms with Crippen molar-refractivity contribution in [3.05, 3.63) is 59.3 Å². The lowest BCUT2D eigenvalue weighted by atomic mass is 10.1. The van der Waals surface area contributed by atoms with Crippen molar-refractivity contribution in [2.45, 2.75) is 13.0 Å². The Labute approximate surface area is 131 Å². The molecule has 0 aliphatic rings. The van der Waals surface area contributed by atoms with Gasteiger partial charge in [0.25, 0.3) is 5.91 Å². The number of benzene rings is 1. The Kier molecular flexibility index (Phi) is 5.59. The zero-order valence-corrected chi connectivity index (χ0v) is 12.4. The molecular formula is C16H16F2N2O3. The minimum atomic E-state index is -1.49. The smallest absolute Gasteiger partial charge is 0.252 e. The van der Waals surface area contributed by atoms with Gasteiger partial charge in [0.05, 0.1) is 17.7 Å². The molecule has 2 aromatic rings. The summed E-state index contributed by atoms with van der Waals surface area (Å²) in [5.74, 6) is -1.86. The van der Waals surface area contributed by atoms with Crippen LogP contribution in [0.25, 0.3) is 0 Å². The van der Waals surface area contributed by atoms with Crippen LogP contribution in [0.15, 0.2) is 36.5 Å². The molecular weight excluding hydrogens is 306 g/mol.